The summed E-state index contributed by atoms with van der Waals surface area (Å²) in [6.45, 7) is 16.6. The van der Waals surface area contributed by atoms with Gasteiger partial charge in [-0.3, -0.25) is 24.2 Å². The second-order valence-corrected chi connectivity index (χ2v) is 18.2. The second kappa shape index (κ2) is 23.1. The topological polar surface area (TPSA) is 180 Å². The van der Waals surface area contributed by atoms with Gasteiger partial charge in [0, 0.05) is 62.8 Å². The van der Waals surface area contributed by atoms with Gasteiger partial charge in [-0.15, -0.1) is 5.10 Å². The molecule has 5 heterocycles. The summed E-state index contributed by atoms with van der Waals surface area (Å²) in [6.07, 6.45) is 4.37. The maximum Gasteiger partial charge on any atom is 0.410 e. The predicted octanol–water partition coefficient (Wildman–Crippen LogP) is 5.72. The van der Waals surface area contributed by atoms with Crippen molar-refractivity contribution in [3.05, 3.63) is 30.6 Å². The lowest BCUT2D eigenvalue weighted by molar-refractivity contribution is -0.295. The van der Waals surface area contributed by atoms with Crippen molar-refractivity contribution in [3.8, 4) is 11.4 Å². The Kier molecular flexibility index (Phi) is 19.1. The Balaban J connectivity index is 0.00000273. The molecule has 0 aromatic carbocycles. The highest BCUT2D eigenvalue weighted by atomic mass is 32.2. The molecule has 1 amide bonds. The third kappa shape index (κ3) is 12.3. The maximum absolute atomic E-state index is 14.4. The molecule has 2 aromatic rings. The minimum absolute atomic E-state index is 0.00319. The standard InChI is InChI=1S/C43H69N7O9.CH3FS/c1-12-34-43(8)37(50(41(54)59-43)21-17-13-16-20-49-25-32(46-47-49)31-18-14-15-19-44-31)30(6)45-24-26(2)23-42(7,55-11)38(28(4)35(51)29(5)39(53)57-34)58-40-36(52)33(48(9)10)22-27(3)56-40;1-3-2/h14-15,18-19,25-30,33-34,36-38,40,45,52H,12-13,16-17,20-24H2,1-11H3;1H3/t26-,27-,28+,29-,30-,33?,34-,36?,37-,38-,40+,42-,43-;/m1./s1. The van der Waals surface area contributed by atoms with Gasteiger partial charge in [-0.25, -0.2) is 4.79 Å². The van der Waals surface area contributed by atoms with E-state index in [9.17, 15) is 23.4 Å². The van der Waals surface area contributed by atoms with Crippen molar-refractivity contribution in [1.82, 2.24) is 35.1 Å². The van der Waals surface area contributed by atoms with E-state index >= 15 is 0 Å². The fourth-order valence-corrected chi connectivity index (χ4v) is 9.43. The van der Waals surface area contributed by atoms with Crippen LogP contribution in [0.2, 0.25) is 0 Å². The number of hydrogen-bond acceptors (Lipinski definition) is 15. The Morgan fingerprint density at radius 1 is 1.06 bits per heavy atom. The van der Waals surface area contributed by atoms with Gasteiger partial charge in [0.2, 0.25) is 0 Å². The van der Waals surface area contributed by atoms with Gasteiger partial charge in [-0.2, -0.15) is 3.89 Å². The van der Waals surface area contributed by atoms with E-state index in [4.69, 9.17) is 23.7 Å². The summed E-state index contributed by atoms with van der Waals surface area (Å²) >= 11 is 0.250. The Morgan fingerprint density at radius 3 is 2.39 bits per heavy atom. The minimum atomic E-state index is -1.21. The Morgan fingerprint density at radius 2 is 1.76 bits per heavy atom. The maximum atomic E-state index is 14.4. The molecule has 13 atom stereocenters. The number of esters is 1. The number of unbranched alkanes of at least 4 members (excludes halogenated alkanes) is 2. The largest absolute Gasteiger partial charge is 0.458 e. The van der Waals surface area contributed by atoms with Gasteiger partial charge in [0.05, 0.1) is 35.7 Å². The SMILES string of the molecule is CC[C@H]1OC(=O)[C@H](C)C(=O)[C@H](C)[C@@H](O[C@@H]2O[C@H](C)CC(N(C)C)C2O)[C@](C)(OC)C[C@@H](C)CN[C@H](C)[C@H]2N(CCCCCn3cc(-c4ccccn4)nn3)C(=O)O[C@]12C.CSF. The molecule has 3 fully saturated rings. The minimum Gasteiger partial charge on any atom is -0.458 e. The number of halogens is 1. The first-order valence-corrected chi connectivity index (χ1v) is 23.1. The molecule has 2 aromatic heterocycles. The Bertz CT molecular complexity index is 1730. The number of aliphatic hydroxyl groups excluding tert-OH is 1. The molecule has 2 N–H and O–H groups in total. The third-order valence-corrected chi connectivity index (χ3v) is 12.8. The number of likely N-dealkylation sites (N-methyl/N-ethyl adjacent to an activating group) is 1. The number of nitrogens with zero attached hydrogens (tertiary/aromatic N) is 6. The monoisotopic (exact) mass is 894 g/mol. The summed E-state index contributed by atoms with van der Waals surface area (Å²) in [5.41, 5.74) is -0.770. The lowest BCUT2D eigenvalue weighted by atomic mass is 9.78. The molecule has 3 aliphatic heterocycles. The van der Waals surface area contributed by atoms with Crippen molar-refractivity contribution in [1.29, 1.82) is 0 Å². The molecule has 350 valence electrons. The van der Waals surface area contributed by atoms with Gasteiger partial charge in [0.25, 0.3) is 0 Å². The number of rotatable bonds is 12. The molecular formula is C44H72FN7O9S. The van der Waals surface area contributed by atoms with Gasteiger partial charge < -0.3 is 39.0 Å². The number of ether oxygens (including phenoxy) is 5. The van der Waals surface area contributed by atoms with E-state index in [1.54, 1.807) is 32.1 Å². The number of aromatic nitrogens is 4. The summed E-state index contributed by atoms with van der Waals surface area (Å²) in [5, 5.41) is 23.7. The highest BCUT2D eigenvalue weighted by Gasteiger charge is 2.58. The number of nitrogens with one attached hydrogen (secondary N) is 1. The van der Waals surface area contributed by atoms with E-state index in [0.29, 0.717) is 51.0 Å². The lowest BCUT2D eigenvalue weighted by Gasteiger charge is -2.46. The van der Waals surface area contributed by atoms with Crippen molar-refractivity contribution in [2.24, 2.45) is 17.8 Å². The Labute approximate surface area is 371 Å². The number of methoxy groups -OCH3 is 1. The molecule has 18 heteroatoms. The molecule has 3 aliphatic rings. The Hall–Kier alpha value is -3.26. The highest BCUT2D eigenvalue weighted by Crippen LogP contribution is 2.40. The lowest BCUT2D eigenvalue weighted by Crippen LogP contribution is -2.61. The molecule has 5 rings (SSSR count). The number of cyclic esters (lactones) is 1. The summed E-state index contributed by atoms with van der Waals surface area (Å²) in [7, 11) is 5.40. The predicted molar refractivity (Wildman–Crippen MR) is 235 cm³/mol. The number of ketones is 1. The van der Waals surface area contributed by atoms with E-state index in [-0.39, 0.29) is 42.0 Å². The zero-order chi connectivity index (χ0) is 45.9. The van der Waals surface area contributed by atoms with Crippen LogP contribution in [0.4, 0.5) is 8.68 Å². The van der Waals surface area contributed by atoms with Gasteiger partial charge in [-0.05, 0) is 112 Å². The van der Waals surface area contributed by atoms with Crippen molar-refractivity contribution >= 4 is 30.0 Å². The molecule has 0 saturated carbocycles. The number of Topliss-reactive ketones (excluding diaryl/α,β-unsaturated/α-hetero) is 1. The van der Waals surface area contributed by atoms with E-state index < -0.39 is 65.7 Å². The smallest absolute Gasteiger partial charge is 0.410 e. The average Bonchev–Trinajstić information content (AvgIpc) is 3.82. The number of aliphatic hydroxyl groups is 1. The number of amides is 1. The number of aryl methyl sites for hydroxylation is 1. The number of hydrogen-bond donors (Lipinski definition) is 2. The molecule has 62 heavy (non-hydrogen) atoms. The molecule has 2 unspecified atom stereocenters. The molecule has 3 saturated heterocycles. The normalized spacial score (nSPS) is 35.0. The van der Waals surface area contributed by atoms with Crippen LogP contribution >= 0.6 is 12.1 Å². The van der Waals surface area contributed by atoms with E-state index in [1.807, 2.05) is 82.7 Å². The van der Waals surface area contributed by atoms with Crippen LogP contribution in [-0.2, 0) is 39.8 Å². The number of pyridine rings is 1. The van der Waals surface area contributed by atoms with Crippen molar-refractivity contribution in [2.75, 3.05) is 40.6 Å². The second-order valence-electron chi connectivity index (χ2n) is 17.9. The van der Waals surface area contributed by atoms with Crippen molar-refractivity contribution < 1.29 is 47.1 Å². The zero-order valence-corrected chi connectivity index (χ0v) is 39.6. The summed E-state index contributed by atoms with van der Waals surface area (Å²) in [5.74, 6) is -3.13. The summed E-state index contributed by atoms with van der Waals surface area (Å²) < 4.78 is 43.5. The van der Waals surface area contributed by atoms with Crippen LogP contribution in [0.1, 0.15) is 93.9 Å². The van der Waals surface area contributed by atoms with Gasteiger partial charge in [0.15, 0.2) is 17.7 Å². The first-order valence-electron chi connectivity index (χ1n) is 22.0. The molecule has 0 bridgehead atoms. The first kappa shape index (κ1) is 51.4. The van der Waals surface area contributed by atoms with Crippen LogP contribution in [0.25, 0.3) is 11.4 Å². The van der Waals surface area contributed by atoms with Crippen molar-refractivity contribution in [2.45, 2.75) is 160 Å². The zero-order valence-electron chi connectivity index (χ0n) is 38.8. The summed E-state index contributed by atoms with van der Waals surface area (Å²) in [6, 6.07) is 4.67. The highest BCUT2D eigenvalue weighted by molar-refractivity contribution is 7.93. The molecule has 0 aliphatic carbocycles. The number of fused-ring (bicyclic) bond motifs is 1. The first-order chi connectivity index (χ1) is 29.3. The van der Waals surface area contributed by atoms with E-state index in [0.717, 1.165) is 18.5 Å². The van der Waals surface area contributed by atoms with Crippen LogP contribution in [0, 0.1) is 17.8 Å². The molecule has 16 nitrogen and oxygen atoms in total. The molecule has 0 radical (unpaired) electrons. The summed E-state index contributed by atoms with van der Waals surface area (Å²) in [4.78, 5) is 50.2. The van der Waals surface area contributed by atoms with Crippen LogP contribution in [0.3, 0.4) is 0 Å². The van der Waals surface area contributed by atoms with E-state index in [1.165, 1.54) is 6.26 Å². The average molecular weight is 894 g/mol. The number of carbonyl (C=O) groups excluding carboxylic acids is 3. The van der Waals surface area contributed by atoms with Crippen LogP contribution in [-0.4, -0.2) is 153 Å². The van der Waals surface area contributed by atoms with Crippen LogP contribution in [0.5, 0.6) is 0 Å². The van der Waals surface area contributed by atoms with Gasteiger partial charge in [0.1, 0.15) is 23.8 Å². The molecule has 0 spiro atoms. The van der Waals surface area contributed by atoms with E-state index in [2.05, 4.69) is 27.5 Å². The third-order valence-electron chi connectivity index (χ3n) is 12.8. The van der Waals surface area contributed by atoms with Crippen LogP contribution < -0.4 is 5.32 Å². The fourth-order valence-electron chi connectivity index (χ4n) is 9.43. The van der Waals surface area contributed by atoms with Crippen molar-refractivity contribution in [3.63, 3.8) is 0 Å². The van der Waals surface area contributed by atoms with Crippen LogP contribution in [0.15, 0.2) is 30.6 Å². The van der Waals surface area contributed by atoms with Gasteiger partial charge >= 0.3 is 12.1 Å². The fraction of sp³-hybridized carbons (Fsp3) is 0.773. The quantitative estimate of drug-likeness (QED) is 0.150. The van der Waals surface area contributed by atoms with Gasteiger partial charge in [-0.1, -0.05) is 32.1 Å². The molecular weight excluding hydrogens is 822 g/mol. The number of carbonyl (C=O) groups is 3.